The van der Waals surface area contributed by atoms with E-state index in [1.54, 1.807) is 7.11 Å². The Morgan fingerprint density at radius 1 is 1.44 bits per heavy atom. The number of nitrogens with zero attached hydrogens (tertiary/aromatic N) is 1. The van der Waals surface area contributed by atoms with Crippen molar-refractivity contribution in [3.63, 3.8) is 0 Å². The minimum atomic E-state index is -0.371. The van der Waals surface area contributed by atoms with Crippen LogP contribution in [-0.4, -0.2) is 62.2 Å². The van der Waals surface area contributed by atoms with Crippen molar-refractivity contribution >= 4 is 0 Å². The second-order valence-corrected chi connectivity index (χ2v) is 4.42. The molecule has 0 spiro atoms. The van der Waals surface area contributed by atoms with Crippen molar-refractivity contribution in [3.8, 4) is 0 Å². The predicted octanol–water partition coefficient (Wildman–Crippen LogP) is 0.885. The van der Waals surface area contributed by atoms with Crippen LogP contribution < -0.4 is 0 Å². The van der Waals surface area contributed by atoms with Crippen molar-refractivity contribution < 1.29 is 14.6 Å². The summed E-state index contributed by atoms with van der Waals surface area (Å²) < 4.78 is 10.2. The van der Waals surface area contributed by atoms with Crippen molar-refractivity contribution in [3.05, 3.63) is 0 Å². The van der Waals surface area contributed by atoms with Gasteiger partial charge in [-0.05, 0) is 25.8 Å². The third-order valence-electron chi connectivity index (χ3n) is 3.16. The van der Waals surface area contributed by atoms with E-state index in [1.807, 2.05) is 0 Å². The molecule has 1 fully saturated rings. The van der Waals surface area contributed by atoms with Gasteiger partial charge in [-0.25, -0.2) is 0 Å². The minimum absolute atomic E-state index is 0.371. The van der Waals surface area contributed by atoms with Gasteiger partial charge in [0.1, 0.15) is 0 Å². The number of ether oxygens (including phenoxy) is 2. The summed E-state index contributed by atoms with van der Waals surface area (Å²) in [5.74, 6) is 0. The van der Waals surface area contributed by atoms with E-state index in [-0.39, 0.29) is 6.10 Å². The Labute approximate surface area is 98.5 Å². The molecule has 0 saturated carbocycles. The van der Waals surface area contributed by atoms with Crippen LogP contribution in [0.1, 0.15) is 26.2 Å². The lowest BCUT2D eigenvalue weighted by molar-refractivity contribution is -0.00224. The molecule has 0 aliphatic carbocycles. The second-order valence-electron chi connectivity index (χ2n) is 4.42. The molecule has 0 bridgehead atoms. The largest absolute Gasteiger partial charge is 0.389 e. The van der Waals surface area contributed by atoms with Gasteiger partial charge in [0.2, 0.25) is 0 Å². The van der Waals surface area contributed by atoms with Gasteiger partial charge in [0.25, 0.3) is 0 Å². The van der Waals surface area contributed by atoms with E-state index in [0.29, 0.717) is 25.9 Å². The first-order chi connectivity index (χ1) is 7.77. The zero-order valence-corrected chi connectivity index (χ0v) is 10.5. The summed E-state index contributed by atoms with van der Waals surface area (Å²) in [6.45, 7) is 5.64. The van der Waals surface area contributed by atoms with E-state index < -0.39 is 0 Å². The fourth-order valence-corrected chi connectivity index (χ4v) is 2.28. The molecule has 2 atom stereocenters. The van der Waals surface area contributed by atoms with Crippen LogP contribution in [0.5, 0.6) is 0 Å². The summed E-state index contributed by atoms with van der Waals surface area (Å²) >= 11 is 0. The molecule has 0 aromatic rings. The molecule has 1 rings (SSSR count). The van der Waals surface area contributed by atoms with Crippen molar-refractivity contribution in [2.24, 2.45) is 0 Å². The second kappa shape index (κ2) is 8.01. The molecule has 0 aromatic carbocycles. The number of likely N-dealkylation sites (tertiary alicyclic amines) is 1. The zero-order chi connectivity index (χ0) is 11.8. The van der Waals surface area contributed by atoms with Crippen LogP contribution in [0.4, 0.5) is 0 Å². The molecule has 1 N–H and O–H groups in total. The molecule has 16 heavy (non-hydrogen) atoms. The number of hydrogen-bond donors (Lipinski definition) is 1. The first-order valence-corrected chi connectivity index (χ1v) is 6.26. The van der Waals surface area contributed by atoms with Gasteiger partial charge in [-0.1, -0.05) is 6.92 Å². The summed E-state index contributed by atoms with van der Waals surface area (Å²) in [4.78, 5) is 2.38. The summed E-state index contributed by atoms with van der Waals surface area (Å²) in [5, 5.41) is 9.81. The Balaban J connectivity index is 2.10. The van der Waals surface area contributed by atoms with E-state index in [1.165, 1.54) is 19.3 Å². The molecular weight excluding hydrogens is 206 g/mol. The predicted molar refractivity (Wildman–Crippen MR) is 63.6 cm³/mol. The third-order valence-corrected chi connectivity index (χ3v) is 3.16. The Morgan fingerprint density at radius 3 is 2.94 bits per heavy atom. The summed E-state index contributed by atoms with van der Waals surface area (Å²) in [5.41, 5.74) is 0. The first-order valence-electron chi connectivity index (χ1n) is 6.26. The minimum Gasteiger partial charge on any atom is -0.389 e. The van der Waals surface area contributed by atoms with Crippen LogP contribution in [0.2, 0.25) is 0 Å². The molecule has 1 heterocycles. The highest BCUT2D eigenvalue weighted by Crippen LogP contribution is 2.19. The van der Waals surface area contributed by atoms with Gasteiger partial charge < -0.3 is 14.6 Å². The molecule has 2 unspecified atom stereocenters. The van der Waals surface area contributed by atoms with Gasteiger partial charge in [0.15, 0.2) is 0 Å². The maximum Gasteiger partial charge on any atom is 0.0900 e. The third kappa shape index (κ3) is 4.78. The highest BCUT2D eigenvalue weighted by Gasteiger charge is 2.24. The van der Waals surface area contributed by atoms with Gasteiger partial charge in [-0.3, -0.25) is 4.90 Å². The van der Waals surface area contributed by atoms with Crippen molar-refractivity contribution in [1.82, 2.24) is 4.90 Å². The van der Waals surface area contributed by atoms with E-state index in [9.17, 15) is 5.11 Å². The Kier molecular flexibility index (Phi) is 6.96. The number of hydrogen-bond acceptors (Lipinski definition) is 4. The van der Waals surface area contributed by atoms with Gasteiger partial charge in [0.05, 0.1) is 25.9 Å². The monoisotopic (exact) mass is 231 g/mol. The Bertz CT molecular complexity index is 178. The normalized spacial score (nSPS) is 23.8. The van der Waals surface area contributed by atoms with Gasteiger partial charge >= 0.3 is 0 Å². The maximum absolute atomic E-state index is 9.81. The van der Waals surface area contributed by atoms with Crippen molar-refractivity contribution in [2.75, 3.05) is 40.0 Å². The van der Waals surface area contributed by atoms with E-state index in [4.69, 9.17) is 9.47 Å². The molecule has 0 amide bonds. The number of aliphatic hydroxyl groups excluding tert-OH is 1. The van der Waals surface area contributed by atoms with Gasteiger partial charge in [-0.2, -0.15) is 0 Å². The van der Waals surface area contributed by atoms with E-state index in [0.717, 1.165) is 13.1 Å². The average molecular weight is 231 g/mol. The summed E-state index contributed by atoms with van der Waals surface area (Å²) in [6.07, 6.45) is 3.34. The highest BCUT2D eigenvalue weighted by molar-refractivity contribution is 4.79. The van der Waals surface area contributed by atoms with Crippen LogP contribution in [0.15, 0.2) is 0 Å². The van der Waals surface area contributed by atoms with Crippen LogP contribution >= 0.6 is 0 Å². The molecule has 1 aliphatic heterocycles. The van der Waals surface area contributed by atoms with Crippen molar-refractivity contribution in [2.45, 2.75) is 38.3 Å². The molecule has 1 aliphatic rings. The van der Waals surface area contributed by atoms with Crippen LogP contribution in [-0.2, 0) is 9.47 Å². The Hall–Kier alpha value is -0.160. The number of β-amino-alcohol motifs (C(OH)–C–C–N with tert-alkyl or cyclic N) is 1. The topological polar surface area (TPSA) is 41.9 Å². The van der Waals surface area contributed by atoms with E-state index >= 15 is 0 Å². The SMILES string of the molecule is CCC1CCCN1CC(O)COCCOC. The summed E-state index contributed by atoms with van der Waals surface area (Å²) in [6, 6.07) is 0.661. The lowest BCUT2D eigenvalue weighted by Crippen LogP contribution is -2.38. The molecule has 96 valence electrons. The Morgan fingerprint density at radius 2 is 2.25 bits per heavy atom. The molecule has 0 radical (unpaired) electrons. The first kappa shape index (κ1) is 13.9. The molecule has 4 nitrogen and oxygen atoms in total. The van der Waals surface area contributed by atoms with Crippen molar-refractivity contribution in [1.29, 1.82) is 0 Å². The maximum atomic E-state index is 9.81. The van der Waals surface area contributed by atoms with Crippen LogP contribution in [0.3, 0.4) is 0 Å². The number of methoxy groups -OCH3 is 1. The molecule has 4 heteroatoms. The summed E-state index contributed by atoms with van der Waals surface area (Å²) in [7, 11) is 1.65. The number of aliphatic hydroxyl groups is 1. The molecular formula is C12H25NO3. The van der Waals surface area contributed by atoms with Gasteiger partial charge in [0, 0.05) is 19.7 Å². The highest BCUT2D eigenvalue weighted by atomic mass is 16.5. The molecule has 1 saturated heterocycles. The smallest absolute Gasteiger partial charge is 0.0900 e. The standard InChI is InChI=1S/C12H25NO3/c1-3-11-5-4-6-13(11)9-12(14)10-16-8-7-15-2/h11-12,14H,3-10H2,1-2H3. The lowest BCUT2D eigenvalue weighted by Gasteiger charge is -2.25. The molecule has 0 aromatic heterocycles. The quantitative estimate of drug-likeness (QED) is 0.630. The van der Waals surface area contributed by atoms with Crippen LogP contribution in [0.25, 0.3) is 0 Å². The van der Waals surface area contributed by atoms with Gasteiger partial charge in [-0.15, -0.1) is 0 Å². The zero-order valence-electron chi connectivity index (χ0n) is 10.5. The fraction of sp³-hybridized carbons (Fsp3) is 1.00. The fourth-order valence-electron chi connectivity index (χ4n) is 2.28. The lowest BCUT2D eigenvalue weighted by atomic mass is 10.1. The van der Waals surface area contributed by atoms with E-state index in [2.05, 4.69) is 11.8 Å². The number of rotatable bonds is 8. The average Bonchev–Trinajstić information content (AvgIpc) is 2.71. The van der Waals surface area contributed by atoms with Crippen LogP contribution in [0, 0.1) is 0 Å².